The van der Waals surface area contributed by atoms with Gasteiger partial charge in [-0.15, -0.1) is 11.8 Å². The summed E-state index contributed by atoms with van der Waals surface area (Å²) in [7, 11) is -2.98. The first-order valence-electron chi connectivity index (χ1n) is 9.20. The third-order valence-corrected chi connectivity index (χ3v) is 8.11. The van der Waals surface area contributed by atoms with Crippen molar-refractivity contribution in [3.63, 3.8) is 0 Å². The molecular weight excluding hydrogens is 412 g/mol. The van der Waals surface area contributed by atoms with Crippen molar-refractivity contribution in [3.8, 4) is 5.75 Å². The molecule has 1 saturated heterocycles. The first-order valence-corrected chi connectivity index (χ1v) is 11.9. The second kappa shape index (κ2) is 7.72. The SMILES string of the molecule is C[C@@H]1Oc2ccc(NC(=O)c3ccccc3S[C@H]3CCS(=O)(=O)C3)cc2NC1=O. The van der Waals surface area contributed by atoms with Crippen LogP contribution in [-0.2, 0) is 14.6 Å². The molecule has 2 aromatic rings. The number of ether oxygens (including phenoxy) is 1. The molecule has 0 aliphatic carbocycles. The largest absolute Gasteiger partial charge is 0.479 e. The number of anilines is 2. The summed E-state index contributed by atoms with van der Waals surface area (Å²) in [5.74, 6) is 0.338. The van der Waals surface area contributed by atoms with Crippen molar-refractivity contribution in [3.05, 3.63) is 48.0 Å². The van der Waals surface area contributed by atoms with E-state index in [1.54, 1.807) is 37.3 Å². The van der Waals surface area contributed by atoms with Gasteiger partial charge >= 0.3 is 0 Å². The number of carbonyl (C=O) groups is 2. The quantitative estimate of drug-likeness (QED) is 0.770. The molecule has 2 aromatic carbocycles. The third kappa shape index (κ3) is 4.40. The van der Waals surface area contributed by atoms with Crippen LogP contribution < -0.4 is 15.4 Å². The van der Waals surface area contributed by atoms with Gasteiger partial charge in [0.05, 0.1) is 22.8 Å². The fourth-order valence-electron chi connectivity index (χ4n) is 3.28. The van der Waals surface area contributed by atoms with Crippen LogP contribution in [0.25, 0.3) is 0 Å². The maximum atomic E-state index is 12.9. The Balaban J connectivity index is 1.51. The van der Waals surface area contributed by atoms with Gasteiger partial charge in [-0.3, -0.25) is 9.59 Å². The smallest absolute Gasteiger partial charge is 0.265 e. The lowest BCUT2D eigenvalue weighted by Crippen LogP contribution is -2.34. The van der Waals surface area contributed by atoms with Crippen LogP contribution in [0.4, 0.5) is 11.4 Å². The number of sulfone groups is 1. The molecule has 7 nitrogen and oxygen atoms in total. The number of amides is 2. The molecule has 2 aliphatic rings. The van der Waals surface area contributed by atoms with Crippen LogP contribution in [0, 0.1) is 0 Å². The summed E-state index contributed by atoms with van der Waals surface area (Å²) in [5, 5.41) is 5.54. The number of hydrogen-bond acceptors (Lipinski definition) is 6. The zero-order chi connectivity index (χ0) is 20.6. The highest BCUT2D eigenvalue weighted by Gasteiger charge is 2.29. The fourth-order valence-corrected chi connectivity index (χ4v) is 6.90. The molecule has 0 bridgehead atoms. The minimum Gasteiger partial charge on any atom is -0.479 e. The van der Waals surface area contributed by atoms with Gasteiger partial charge in [0, 0.05) is 15.8 Å². The molecule has 1 fully saturated rings. The van der Waals surface area contributed by atoms with Crippen LogP contribution in [0.5, 0.6) is 5.75 Å². The predicted molar refractivity (Wildman–Crippen MR) is 112 cm³/mol. The zero-order valence-electron chi connectivity index (χ0n) is 15.7. The summed E-state index contributed by atoms with van der Waals surface area (Å²) >= 11 is 1.43. The van der Waals surface area contributed by atoms with E-state index in [0.717, 1.165) is 4.90 Å². The van der Waals surface area contributed by atoms with Crippen molar-refractivity contribution in [1.29, 1.82) is 0 Å². The van der Waals surface area contributed by atoms with Crippen molar-refractivity contribution in [2.75, 3.05) is 22.1 Å². The Labute approximate surface area is 173 Å². The van der Waals surface area contributed by atoms with E-state index in [4.69, 9.17) is 4.74 Å². The normalized spacial score (nSPS) is 22.3. The zero-order valence-corrected chi connectivity index (χ0v) is 17.3. The molecule has 2 N–H and O–H groups in total. The molecule has 2 atom stereocenters. The summed E-state index contributed by atoms with van der Waals surface area (Å²) in [6.07, 6.45) is 0.0255. The maximum Gasteiger partial charge on any atom is 0.265 e. The minimum atomic E-state index is -2.98. The molecule has 4 rings (SSSR count). The Morgan fingerprint density at radius 3 is 2.79 bits per heavy atom. The molecule has 9 heteroatoms. The topological polar surface area (TPSA) is 102 Å². The fraction of sp³-hybridized carbons (Fsp3) is 0.300. The summed E-state index contributed by atoms with van der Waals surface area (Å²) in [5.41, 5.74) is 1.51. The average Bonchev–Trinajstić information content (AvgIpc) is 3.01. The molecule has 0 aromatic heterocycles. The van der Waals surface area contributed by atoms with Gasteiger partial charge in [0.25, 0.3) is 11.8 Å². The highest BCUT2D eigenvalue weighted by Crippen LogP contribution is 2.35. The molecule has 0 unspecified atom stereocenters. The van der Waals surface area contributed by atoms with Crippen molar-refractivity contribution >= 4 is 44.8 Å². The third-order valence-electron chi connectivity index (χ3n) is 4.78. The number of thioether (sulfide) groups is 1. The van der Waals surface area contributed by atoms with E-state index >= 15 is 0 Å². The highest BCUT2D eigenvalue weighted by atomic mass is 32.2. The standard InChI is InChI=1S/C20H20N2O5S2/c1-12-19(23)22-16-10-13(6-7-17(16)27-12)21-20(24)15-4-2-3-5-18(15)28-14-8-9-29(25,26)11-14/h2-7,10,12,14H,8-9,11H2,1H3,(H,21,24)(H,22,23)/t12-,14-/m0/s1. The second-order valence-corrected chi connectivity index (χ2v) is 10.6. The van der Waals surface area contributed by atoms with Crippen LogP contribution in [0.1, 0.15) is 23.7 Å². The number of fused-ring (bicyclic) bond motifs is 1. The molecule has 29 heavy (non-hydrogen) atoms. The van der Waals surface area contributed by atoms with Gasteiger partial charge < -0.3 is 15.4 Å². The van der Waals surface area contributed by atoms with Gasteiger partial charge in [-0.1, -0.05) is 12.1 Å². The van der Waals surface area contributed by atoms with E-state index in [2.05, 4.69) is 10.6 Å². The van der Waals surface area contributed by atoms with Gasteiger partial charge in [0.15, 0.2) is 15.9 Å². The number of carbonyl (C=O) groups excluding carboxylic acids is 2. The van der Waals surface area contributed by atoms with E-state index in [-0.39, 0.29) is 28.6 Å². The Kier molecular flexibility index (Phi) is 5.26. The highest BCUT2D eigenvalue weighted by molar-refractivity contribution is 8.02. The molecule has 0 radical (unpaired) electrons. The Morgan fingerprint density at radius 1 is 1.24 bits per heavy atom. The average molecular weight is 433 g/mol. The number of hydrogen-bond donors (Lipinski definition) is 2. The molecule has 0 spiro atoms. The van der Waals surface area contributed by atoms with Gasteiger partial charge in [0.1, 0.15) is 5.75 Å². The van der Waals surface area contributed by atoms with E-state index < -0.39 is 15.9 Å². The second-order valence-electron chi connectivity index (χ2n) is 7.05. The summed E-state index contributed by atoms with van der Waals surface area (Å²) in [6, 6.07) is 12.2. The summed E-state index contributed by atoms with van der Waals surface area (Å²) in [6.45, 7) is 1.66. The van der Waals surface area contributed by atoms with E-state index in [1.807, 2.05) is 12.1 Å². The Bertz CT molecular complexity index is 1080. The lowest BCUT2D eigenvalue weighted by molar-refractivity contribution is -0.122. The Hall–Kier alpha value is -2.52. The Morgan fingerprint density at radius 2 is 2.03 bits per heavy atom. The van der Waals surface area contributed by atoms with Crippen LogP contribution in [0.15, 0.2) is 47.4 Å². The van der Waals surface area contributed by atoms with E-state index in [1.165, 1.54) is 11.8 Å². The molecule has 2 amide bonds. The molecule has 2 heterocycles. The van der Waals surface area contributed by atoms with E-state index in [0.29, 0.717) is 29.1 Å². The molecule has 152 valence electrons. The molecule has 2 aliphatic heterocycles. The van der Waals surface area contributed by atoms with Crippen molar-refractivity contribution in [2.45, 2.75) is 29.6 Å². The van der Waals surface area contributed by atoms with Crippen molar-refractivity contribution < 1.29 is 22.7 Å². The van der Waals surface area contributed by atoms with Gasteiger partial charge in [-0.25, -0.2) is 8.42 Å². The summed E-state index contributed by atoms with van der Waals surface area (Å²) < 4.78 is 29.0. The van der Waals surface area contributed by atoms with Crippen LogP contribution in [-0.4, -0.2) is 43.1 Å². The first kappa shape index (κ1) is 19.8. The van der Waals surface area contributed by atoms with Crippen LogP contribution in [0.2, 0.25) is 0 Å². The number of benzene rings is 2. The molecule has 0 saturated carbocycles. The van der Waals surface area contributed by atoms with Crippen LogP contribution in [0.3, 0.4) is 0 Å². The van der Waals surface area contributed by atoms with Gasteiger partial charge in [0.2, 0.25) is 0 Å². The first-order chi connectivity index (χ1) is 13.8. The van der Waals surface area contributed by atoms with E-state index in [9.17, 15) is 18.0 Å². The lowest BCUT2D eigenvalue weighted by atomic mass is 10.2. The monoisotopic (exact) mass is 432 g/mol. The predicted octanol–water partition coefficient (Wildman–Crippen LogP) is 2.94. The minimum absolute atomic E-state index is 0.0490. The van der Waals surface area contributed by atoms with Gasteiger partial charge in [-0.05, 0) is 43.7 Å². The van der Waals surface area contributed by atoms with Crippen LogP contribution >= 0.6 is 11.8 Å². The van der Waals surface area contributed by atoms with Crippen molar-refractivity contribution in [2.24, 2.45) is 0 Å². The van der Waals surface area contributed by atoms with Gasteiger partial charge in [-0.2, -0.15) is 0 Å². The maximum absolute atomic E-state index is 12.9. The number of nitrogens with one attached hydrogen (secondary N) is 2. The van der Waals surface area contributed by atoms with Crippen molar-refractivity contribution in [1.82, 2.24) is 0 Å². The summed E-state index contributed by atoms with van der Waals surface area (Å²) in [4.78, 5) is 25.4. The molecular formula is C20H20N2O5S2. The lowest BCUT2D eigenvalue weighted by Gasteiger charge is -2.23. The number of rotatable bonds is 4.